The van der Waals surface area contributed by atoms with Gasteiger partial charge in [-0.05, 0) is 35.7 Å². The van der Waals surface area contributed by atoms with Crippen LogP contribution in [0.2, 0.25) is 16.6 Å². The minimum atomic E-state index is -2.20. The number of nitrogens with zero attached hydrogens (tertiary/aromatic N) is 1. The van der Waals surface area contributed by atoms with Crippen LogP contribution in [0.15, 0.2) is 24.3 Å². The van der Waals surface area contributed by atoms with Gasteiger partial charge in [-0.3, -0.25) is 14.5 Å². The second-order valence-electron chi connectivity index (χ2n) is 7.82. The highest BCUT2D eigenvalue weighted by Gasteiger charge is 2.47. The molecule has 0 saturated carbocycles. The molecule has 2 rings (SSSR count). The molecular weight excluding hydrogens is 330 g/mol. The third-order valence-corrected chi connectivity index (χ3v) is 11.5. The zero-order valence-electron chi connectivity index (χ0n) is 17.4. The number of fused-ring (bicyclic) bond motifs is 1. The summed E-state index contributed by atoms with van der Waals surface area (Å²) in [6, 6.07) is 6.76. The smallest absolute Gasteiger partial charge is 0.261 e. The lowest BCUT2D eigenvalue weighted by Crippen LogP contribution is -2.51. The van der Waals surface area contributed by atoms with Crippen LogP contribution in [0.4, 0.5) is 0 Å². The highest BCUT2D eigenvalue weighted by atomic mass is 28.4. The summed E-state index contributed by atoms with van der Waals surface area (Å²) in [5.41, 5.74) is 1.88. The average molecular weight is 363 g/mol. The highest BCUT2D eigenvalue weighted by Crippen LogP contribution is 2.43. The van der Waals surface area contributed by atoms with Crippen molar-refractivity contribution in [1.29, 1.82) is 0 Å². The van der Waals surface area contributed by atoms with Crippen molar-refractivity contribution >= 4 is 20.1 Å². The van der Waals surface area contributed by atoms with Crippen LogP contribution >= 0.6 is 0 Å². The van der Waals surface area contributed by atoms with Gasteiger partial charge < -0.3 is 4.43 Å². The van der Waals surface area contributed by atoms with E-state index in [1.165, 1.54) is 0 Å². The Bertz CT molecular complexity index is 633. The van der Waals surface area contributed by atoms with Gasteiger partial charge in [-0.2, -0.15) is 0 Å². The fourth-order valence-electron chi connectivity index (χ4n) is 4.31. The van der Waals surface area contributed by atoms with Gasteiger partial charge in [0.2, 0.25) is 8.32 Å². The van der Waals surface area contributed by atoms with Gasteiger partial charge in [0.1, 0.15) is 0 Å². The van der Waals surface area contributed by atoms with Crippen molar-refractivity contribution in [2.45, 2.75) is 71.2 Å². The Hall–Kier alpha value is -1.46. The van der Waals surface area contributed by atoms with Gasteiger partial charge in [0.05, 0.1) is 25.1 Å². The SMILES string of the molecule is [2H][C@H]([C@@H](C)O[Si](C(C)C)(C(C)C)C(C)C)N1C(=O)c2ccccc2C1=O. The van der Waals surface area contributed by atoms with Crippen molar-refractivity contribution in [2.24, 2.45) is 0 Å². The lowest BCUT2D eigenvalue weighted by Gasteiger charge is -2.44. The Balaban J connectivity index is 2.29. The van der Waals surface area contributed by atoms with Crippen molar-refractivity contribution in [2.75, 3.05) is 6.52 Å². The summed E-state index contributed by atoms with van der Waals surface area (Å²) in [5, 5.41) is 0. The Labute approximate surface area is 154 Å². The molecule has 1 aliphatic rings. The molecule has 5 heteroatoms. The second-order valence-corrected chi connectivity index (χ2v) is 13.2. The van der Waals surface area contributed by atoms with Crippen molar-refractivity contribution < 1.29 is 15.4 Å². The molecule has 0 radical (unpaired) electrons. The maximum absolute atomic E-state index is 12.7. The van der Waals surface area contributed by atoms with Gasteiger partial charge in [0, 0.05) is 0 Å². The average Bonchev–Trinajstić information content (AvgIpc) is 2.82. The third-order valence-electron chi connectivity index (χ3n) is 5.28. The molecule has 138 valence electrons. The number of carbonyl (C=O) groups is 2. The van der Waals surface area contributed by atoms with Crippen molar-refractivity contribution in [1.82, 2.24) is 4.90 Å². The van der Waals surface area contributed by atoms with E-state index in [4.69, 9.17) is 5.80 Å². The van der Waals surface area contributed by atoms with Crippen LogP contribution in [0.3, 0.4) is 0 Å². The molecule has 1 aliphatic heterocycles. The molecule has 0 bridgehead atoms. The number of carbonyl (C=O) groups excluding carboxylic acids is 2. The summed E-state index contributed by atoms with van der Waals surface area (Å²) < 4.78 is 15.2. The van der Waals surface area contributed by atoms with Crippen LogP contribution in [-0.4, -0.2) is 37.7 Å². The lowest BCUT2D eigenvalue weighted by atomic mass is 10.1. The largest absolute Gasteiger partial charge is 0.412 e. The van der Waals surface area contributed by atoms with Crippen LogP contribution in [0, 0.1) is 0 Å². The van der Waals surface area contributed by atoms with E-state index in [1.54, 1.807) is 24.3 Å². The van der Waals surface area contributed by atoms with Crippen molar-refractivity contribution in [3.63, 3.8) is 0 Å². The standard InChI is InChI=1S/C20H31NO3Si/c1-13(2)25(14(3)4,15(5)6)24-16(7)12-21-19(22)17-10-8-9-11-18(17)20(21)23/h8-11,13-16H,12H2,1-7H3/t16-/m1/s1/i12D/t12-,16-. The van der Waals surface area contributed by atoms with Crippen molar-refractivity contribution in [3.8, 4) is 0 Å². The van der Waals surface area contributed by atoms with Crippen LogP contribution in [-0.2, 0) is 4.43 Å². The molecule has 0 spiro atoms. The number of rotatable bonds is 7. The summed E-state index contributed by atoms with van der Waals surface area (Å²) in [5.74, 6) is -0.793. The fraction of sp³-hybridized carbons (Fsp3) is 0.600. The topological polar surface area (TPSA) is 46.6 Å². The Morgan fingerprint density at radius 2 is 1.32 bits per heavy atom. The number of hydrogen-bond acceptors (Lipinski definition) is 3. The van der Waals surface area contributed by atoms with E-state index < -0.39 is 32.8 Å². The van der Waals surface area contributed by atoms with Gasteiger partial charge >= 0.3 is 0 Å². The maximum Gasteiger partial charge on any atom is 0.261 e. The lowest BCUT2D eigenvalue weighted by molar-refractivity contribution is 0.0570. The molecule has 0 fully saturated rings. The molecule has 0 saturated heterocycles. The fourth-order valence-corrected chi connectivity index (χ4v) is 9.84. The predicted molar refractivity (Wildman–Crippen MR) is 103 cm³/mol. The van der Waals surface area contributed by atoms with Crippen LogP contribution < -0.4 is 0 Å². The summed E-state index contributed by atoms with van der Waals surface area (Å²) in [4.78, 5) is 26.4. The number of amides is 2. The maximum atomic E-state index is 12.7. The molecule has 0 N–H and O–H groups in total. The Morgan fingerprint density at radius 3 is 1.68 bits per heavy atom. The molecule has 1 aromatic carbocycles. The number of benzene rings is 1. The third kappa shape index (κ3) is 3.44. The first-order chi connectivity index (χ1) is 12.1. The van der Waals surface area contributed by atoms with Crippen LogP contribution in [0.25, 0.3) is 0 Å². The Kier molecular flexibility index (Phi) is 5.44. The zero-order chi connectivity index (χ0) is 19.8. The first-order valence-electron chi connectivity index (χ1n) is 9.70. The van der Waals surface area contributed by atoms with Gasteiger partial charge in [-0.15, -0.1) is 0 Å². The van der Waals surface area contributed by atoms with Gasteiger partial charge in [0.25, 0.3) is 11.8 Å². The number of hydrogen-bond donors (Lipinski definition) is 0. The summed E-state index contributed by atoms with van der Waals surface area (Å²) in [6.45, 7) is 13.8. The molecule has 2 amide bonds. The van der Waals surface area contributed by atoms with E-state index >= 15 is 0 Å². The molecule has 0 unspecified atom stereocenters. The predicted octanol–water partition coefficient (Wildman–Crippen LogP) is 4.86. The zero-order valence-corrected chi connectivity index (χ0v) is 17.4. The normalized spacial score (nSPS) is 18.2. The molecular formula is C20H31NO3Si. The number of imide groups is 1. The van der Waals surface area contributed by atoms with Gasteiger partial charge in [-0.25, -0.2) is 0 Å². The van der Waals surface area contributed by atoms with E-state index in [-0.39, 0.29) is 0 Å². The van der Waals surface area contributed by atoms with Crippen LogP contribution in [0.1, 0.15) is 70.6 Å². The van der Waals surface area contributed by atoms with E-state index in [2.05, 4.69) is 41.5 Å². The van der Waals surface area contributed by atoms with E-state index in [0.29, 0.717) is 27.8 Å². The van der Waals surface area contributed by atoms with Crippen molar-refractivity contribution in [3.05, 3.63) is 35.4 Å². The molecule has 1 heterocycles. The Morgan fingerprint density at radius 1 is 0.920 bits per heavy atom. The molecule has 0 aliphatic carbocycles. The molecule has 2 atom stereocenters. The molecule has 25 heavy (non-hydrogen) atoms. The van der Waals surface area contributed by atoms with E-state index in [1.807, 2.05) is 6.92 Å². The summed E-state index contributed by atoms with van der Waals surface area (Å²) in [7, 11) is -2.20. The first-order valence-corrected chi connectivity index (χ1v) is 11.3. The van der Waals surface area contributed by atoms with Gasteiger partial charge in [0.15, 0.2) is 0 Å². The van der Waals surface area contributed by atoms with Gasteiger partial charge in [-0.1, -0.05) is 53.7 Å². The van der Waals surface area contributed by atoms with E-state index in [0.717, 1.165) is 4.90 Å². The highest BCUT2D eigenvalue weighted by molar-refractivity contribution is 6.77. The summed E-state index contributed by atoms with van der Waals surface area (Å²) >= 11 is 0. The van der Waals surface area contributed by atoms with E-state index in [9.17, 15) is 9.59 Å². The second kappa shape index (κ2) is 7.42. The minimum Gasteiger partial charge on any atom is -0.412 e. The quantitative estimate of drug-likeness (QED) is 0.514. The molecule has 1 aromatic rings. The minimum absolute atomic E-state index is 0.374. The molecule has 0 aromatic heterocycles. The molecule has 4 nitrogen and oxygen atoms in total. The first kappa shape index (κ1) is 18.3. The van der Waals surface area contributed by atoms with Crippen LogP contribution in [0.5, 0.6) is 0 Å². The monoisotopic (exact) mass is 362 g/mol. The summed E-state index contributed by atoms with van der Waals surface area (Å²) in [6.07, 6.45) is -0.531.